The molecule has 1 aliphatic heterocycles. The lowest BCUT2D eigenvalue weighted by Gasteiger charge is -2.36. The van der Waals surface area contributed by atoms with Gasteiger partial charge in [0.05, 0.1) is 13.7 Å². The average molecular weight is 370 g/mol. The molecule has 1 aliphatic carbocycles. The fourth-order valence-corrected chi connectivity index (χ4v) is 4.20. The van der Waals surface area contributed by atoms with Gasteiger partial charge in [-0.2, -0.15) is 0 Å². The predicted molar refractivity (Wildman–Crippen MR) is 99.4 cm³/mol. The molecular formula is C20H26N4O3. The van der Waals surface area contributed by atoms with Crippen molar-refractivity contribution in [2.24, 2.45) is 0 Å². The molecule has 0 bridgehead atoms. The molecule has 7 heteroatoms. The van der Waals surface area contributed by atoms with Crippen molar-refractivity contribution >= 4 is 5.91 Å². The molecule has 7 nitrogen and oxygen atoms in total. The molecule has 1 atom stereocenters. The summed E-state index contributed by atoms with van der Waals surface area (Å²) in [4.78, 5) is 13.2. The van der Waals surface area contributed by atoms with E-state index in [4.69, 9.17) is 9.47 Å². The summed E-state index contributed by atoms with van der Waals surface area (Å²) in [6, 6.07) is 7.69. The zero-order valence-electron chi connectivity index (χ0n) is 15.9. The maximum Gasteiger partial charge on any atom is 0.248 e. The van der Waals surface area contributed by atoms with Crippen molar-refractivity contribution in [1.29, 1.82) is 0 Å². The van der Waals surface area contributed by atoms with E-state index in [0.29, 0.717) is 25.7 Å². The number of hydrogen-bond acceptors (Lipinski definition) is 5. The third-order valence-corrected chi connectivity index (χ3v) is 5.70. The number of carbonyl (C=O) groups is 1. The van der Waals surface area contributed by atoms with E-state index in [1.807, 2.05) is 35.8 Å². The van der Waals surface area contributed by atoms with Crippen molar-refractivity contribution in [2.45, 2.75) is 57.2 Å². The topological polar surface area (TPSA) is 78.3 Å². The van der Waals surface area contributed by atoms with E-state index in [-0.39, 0.29) is 5.91 Å². The van der Waals surface area contributed by atoms with Crippen LogP contribution < -0.4 is 10.1 Å². The molecular weight excluding hydrogens is 344 g/mol. The van der Waals surface area contributed by atoms with Crippen molar-refractivity contribution in [3.8, 4) is 5.75 Å². The molecule has 1 amide bonds. The number of para-hydroxylation sites is 1. The summed E-state index contributed by atoms with van der Waals surface area (Å²) in [6.45, 7) is 3.02. The van der Waals surface area contributed by atoms with E-state index in [1.165, 1.54) is 12.8 Å². The summed E-state index contributed by atoms with van der Waals surface area (Å²) in [6.07, 6.45) is 4.63. The van der Waals surface area contributed by atoms with Crippen LogP contribution in [0.2, 0.25) is 0 Å². The molecule has 1 saturated carbocycles. The number of amides is 1. The molecule has 0 radical (unpaired) electrons. The highest BCUT2D eigenvalue weighted by atomic mass is 16.5. The van der Waals surface area contributed by atoms with Crippen LogP contribution in [0.3, 0.4) is 0 Å². The number of aromatic nitrogens is 3. The number of ether oxygens (including phenoxy) is 2. The number of fused-ring (bicyclic) bond motifs is 1. The molecule has 144 valence electrons. The predicted octanol–water partition coefficient (Wildman–Crippen LogP) is 2.51. The van der Waals surface area contributed by atoms with E-state index in [1.54, 1.807) is 7.11 Å². The fourth-order valence-electron chi connectivity index (χ4n) is 4.20. The van der Waals surface area contributed by atoms with Gasteiger partial charge in [0.25, 0.3) is 0 Å². The molecule has 0 saturated heterocycles. The Labute approximate surface area is 159 Å². The minimum absolute atomic E-state index is 0.0894. The maximum absolute atomic E-state index is 13.2. The van der Waals surface area contributed by atoms with Crippen molar-refractivity contribution in [3.05, 3.63) is 41.5 Å². The minimum atomic E-state index is -0.850. The molecule has 1 fully saturated rings. The van der Waals surface area contributed by atoms with E-state index in [9.17, 15) is 4.79 Å². The third-order valence-electron chi connectivity index (χ3n) is 5.70. The van der Waals surface area contributed by atoms with Crippen molar-refractivity contribution in [3.63, 3.8) is 0 Å². The van der Waals surface area contributed by atoms with Crippen LogP contribution >= 0.6 is 0 Å². The lowest BCUT2D eigenvalue weighted by atomic mass is 9.97. The van der Waals surface area contributed by atoms with Gasteiger partial charge in [0.2, 0.25) is 5.91 Å². The standard InChI is InChI=1S/C20H26N4O3/c1-20(19(25)21-11-15-9-5-6-10-16(15)26-2)13-27-12-17-22-23-18(24(17)20)14-7-3-4-8-14/h5-6,9-10,14H,3-4,7-8,11-13H2,1-2H3,(H,21,25). The van der Waals surface area contributed by atoms with E-state index in [0.717, 1.165) is 35.8 Å². The number of hydrogen-bond donors (Lipinski definition) is 1. The van der Waals surface area contributed by atoms with Crippen molar-refractivity contribution in [2.75, 3.05) is 13.7 Å². The highest BCUT2D eigenvalue weighted by molar-refractivity contribution is 5.84. The van der Waals surface area contributed by atoms with Gasteiger partial charge >= 0.3 is 0 Å². The summed E-state index contributed by atoms with van der Waals surface area (Å²) < 4.78 is 13.1. The Morgan fingerprint density at radius 3 is 2.89 bits per heavy atom. The van der Waals surface area contributed by atoms with Crippen LogP contribution in [-0.2, 0) is 28.2 Å². The maximum atomic E-state index is 13.2. The minimum Gasteiger partial charge on any atom is -0.496 e. The first kappa shape index (κ1) is 18.0. The molecule has 1 aromatic heterocycles. The van der Waals surface area contributed by atoms with Gasteiger partial charge in [0.1, 0.15) is 23.7 Å². The first-order valence-electron chi connectivity index (χ1n) is 9.56. The Bertz CT molecular complexity index is 828. The zero-order valence-corrected chi connectivity index (χ0v) is 15.9. The summed E-state index contributed by atoms with van der Waals surface area (Å²) in [5.74, 6) is 2.72. The first-order valence-corrected chi connectivity index (χ1v) is 9.56. The SMILES string of the molecule is COc1ccccc1CNC(=O)C1(C)COCc2nnc(C3CCCC3)n21. The van der Waals surface area contributed by atoms with Crippen LogP contribution in [0, 0.1) is 0 Å². The average Bonchev–Trinajstić information content (AvgIpc) is 3.36. The van der Waals surface area contributed by atoms with Crippen LogP contribution in [0.25, 0.3) is 0 Å². The van der Waals surface area contributed by atoms with E-state index >= 15 is 0 Å². The zero-order chi connectivity index (χ0) is 18.9. The second-order valence-electron chi connectivity index (χ2n) is 7.55. The molecule has 1 unspecified atom stereocenters. The van der Waals surface area contributed by atoms with Crippen LogP contribution in [0.4, 0.5) is 0 Å². The highest BCUT2D eigenvalue weighted by Gasteiger charge is 2.43. The van der Waals surface area contributed by atoms with Crippen molar-refractivity contribution < 1.29 is 14.3 Å². The van der Waals surface area contributed by atoms with E-state index < -0.39 is 5.54 Å². The number of benzene rings is 1. The molecule has 2 heterocycles. The number of rotatable bonds is 5. The summed E-state index contributed by atoms with van der Waals surface area (Å²) in [5.41, 5.74) is 0.0884. The molecule has 0 spiro atoms. The van der Waals surface area contributed by atoms with E-state index in [2.05, 4.69) is 15.5 Å². The Morgan fingerprint density at radius 1 is 1.33 bits per heavy atom. The number of nitrogens with one attached hydrogen (secondary N) is 1. The number of methoxy groups -OCH3 is 1. The smallest absolute Gasteiger partial charge is 0.248 e. The molecule has 27 heavy (non-hydrogen) atoms. The molecule has 1 N–H and O–H groups in total. The van der Waals surface area contributed by atoms with Crippen molar-refractivity contribution in [1.82, 2.24) is 20.1 Å². The molecule has 2 aromatic rings. The number of carbonyl (C=O) groups excluding carboxylic acids is 1. The third kappa shape index (κ3) is 3.20. The first-order chi connectivity index (χ1) is 13.1. The van der Waals surface area contributed by atoms with Crippen LogP contribution in [0.15, 0.2) is 24.3 Å². The molecule has 2 aliphatic rings. The lowest BCUT2D eigenvalue weighted by molar-refractivity contribution is -0.135. The fraction of sp³-hybridized carbons (Fsp3) is 0.550. The second kappa shape index (κ2) is 7.31. The summed E-state index contributed by atoms with van der Waals surface area (Å²) >= 11 is 0. The Hall–Kier alpha value is -2.41. The van der Waals surface area contributed by atoms with Gasteiger partial charge < -0.3 is 14.8 Å². The number of nitrogens with zero attached hydrogens (tertiary/aromatic N) is 3. The quantitative estimate of drug-likeness (QED) is 0.875. The highest BCUT2D eigenvalue weighted by Crippen LogP contribution is 2.37. The van der Waals surface area contributed by atoms with Gasteiger partial charge in [-0.1, -0.05) is 31.0 Å². The molecule has 4 rings (SSSR count). The largest absolute Gasteiger partial charge is 0.496 e. The van der Waals surface area contributed by atoms with Gasteiger partial charge in [-0.05, 0) is 25.8 Å². The van der Waals surface area contributed by atoms with Crippen LogP contribution in [0.5, 0.6) is 5.75 Å². The van der Waals surface area contributed by atoms with Gasteiger partial charge in [-0.3, -0.25) is 9.36 Å². The second-order valence-corrected chi connectivity index (χ2v) is 7.55. The summed E-state index contributed by atoms with van der Waals surface area (Å²) in [7, 11) is 1.63. The normalized spacial score (nSPS) is 22.4. The monoisotopic (exact) mass is 370 g/mol. The van der Waals surface area contributed by atoms with Gasteiger partial charge in [0, 0.05) is 18.0 Å². The van der Waals surface area contributed by atoms with Gasteiger partial charge in [0.15, 0.2) is 5.82 Å². The van der Waals surface area contributed by atoms with Crippen LogP contribution in [-0.4, -0.2) is 34.4 Å². The Morgan fingerprint density at radius 2 is 2.11 bits per heavy atom. The van der Waals surface area contributed by atoms with Gasteiger partial charge in [-0.25, -0.2) is 0 Å². The van der Waals surface area contributed by atoms with Crippen LogP contribution in [0.1, 0.15) is 55.7 Å². The molecule has 1 aromatic carbocycles. The van der Waals surface area contributed by atoms with Gasteiger partial charge in [-0.15, -0.1) is 10.2 Å². The Balaban J connectivity index is 1.58. The lowest BCUT2D eigenvalue weighted by Crippen LogP contribution is -2.53. The Kier molecular flexibility index (Phi) is 4.86. The summed E-state index contributed by atoms with van der Waals surface area (Å²) in [5, 5.41) is 11.8.